The van der Waals surface area contributed by atoms with Gasteiger partial charge in [-0.25, -0.2) is 14.4 Å². The zero-order valence-electron chi connectivity index (χ0n) is 20.0. The highest BCUT2D eigenvalue weighted by atomic mass is 19.3. The molecule has 0 spiro atoms. The number of amides is 1. The van der Waals surface area contributed by atoms with Crippen molar-refractivity contribution in [1.82, 2.24) is 19.3 Å². The number of nitrogens with one attached hydrogen (secondary N) is 1. The molecular weight excluding hydrogens is 485 g/mol. The fourth-order valence-corrected chi connectivity index (χ4v) is 4.46. The Morgan fingerprint density at radius 3 is 2.65 bits per heavy atom. The van der Waals surface area contributed by atoms with Crippen LogP contribution in [0.25, 0.3) is 16.9 Å². The predicted molar refractivity (Wildman–Crippen MR) is 133 cm³/mol. The Kier molecular flexibility index (Phi) is 6.70. The number of benzene rings is 2. The van der Waals surface area contributed by atoms with E-state index in [0.717, 1.165) is 36.2 Å². The van der Waals surface area contributed by atoms with Crippen molar-refractivity contribution in [2.24, 2.45) is 5.73 Å². The summed E-state index contributed by atoms with van der Waals surface area (Å²) in [6.07, 6.45) is 6.38. The second-order valence-electron chi connectivity index (χ2n) is 8.92. The fraction of sp³-hybridized carbons (Fsp3) is 0.269. The lowest BCUT2D eigenvalue weighted by atomic mass is 10.0. The molecule has 4 aromatic rings. The summed E-state index contributed by atoms with van der Waals surface area (Å²) in [5, 5.41) is 3.23. The second kappa shape index (κ2) is 10.1. The van der Waals surface area contributed by atoms with Gasteiger partial charge in [0, 0.05) is 48.3 Å². The van der Waals surface area contributed by atoms with E-state index in [-0.39, 0.29) is 11.9 Å². The lowest BCUT2D eigenvalue weighted by Gasteiger charge is -2.30. The molecular formula is C26H25F3N6O2. The summed E-state index contributed by atoms with van der Waals surface area (Å²) in [5.41, 5.74) is 9.59. The molecule has 1 saturated heterocycles. The minimum absolute atomic E-state index is 0.00808. The van der Waals surface area contributed by atoms with E-state index >= 15 is 0 Å². The lowest BCUT2D eigenvalue weighted by molar-refractivity contribution is -0.0521. The molecule has 8 nitrogen and oxygen atoms in total. The zero-order chi connectivity index (χ0) is 26.1. The molecule has 37 heavy (non-hydrogen) atoms. The second-order valence-corrected chi connectivity index (χ2v) is 8.92. The summed E-state index contributed by atoms with van der Waals surface area (Å²) in [4.78, 5) is 23.6. The molecule has 3 heterocycles. The molecule has 0 aliphatic carbocycles. The van der Waals surface area contributed by atoms with E-state index in [4.69, 9.17) is 5.73 Å². The van der Waals surface area contributed by atoms with Crippen molar-refractivity contribution in [2.75, 3.05) is 18.4 Å². The number of alkyl halides is 2. The fourth-order valence-electron chi connectivity index (χ4n) is 4.46. The molecule has 192 valence electrons. The largest absolute Gasteiger partial charge is 0.432 e. The number of carbonyl (C=O) groups is 1. The summed E-state index contributed by atoms with van der Waals surface area (Å²) in [7, 11) is 0. The quantitative estimate of drug-likeness (QED) is 0.389. The monoisotopic (exact) mass is 510 g/mol. The first-order valence-electron chi connectivity index (χ1n) is 11.8. The van der Waals surface area contributed by atoms with Crippen LogP contribution in [0.4, 0.5) is 24.7 Å². The smallest absolute Gasteiger partial charge is 0.387 e. The number of likely N-dealkylation sites (tertiary alicyclic amines) is 1. The number of nitrogens with zero attached hydrogens (tertiary/aromatic N) is 4. The van der Waals surface area contributed by atoms with Crippen molar-refractivity contribution in [1.29, 1.82) is 0 Å². The molecule has 2 aromatic heterocycles. The number of imidazole rings is 1. The van der Waals surface area contributed by atoms with Gasteiger partial charge >= 0.3 is 6.61 Å². The summed E-state index contributed by atoms with van der Waals surface area (Å²) < 4.78 is 45.1. The third-order valence-corrected chi connectivity index (χ3v) is 6.42. The molecule has 0 unspecified atom stereocenters. The summed E-state index contributed by atoms with van der Waals surface area (Å²) in [5.74, 6) is -0.989. The number of piperidine rings is 1. The van der Waals surface area contributed by atoms with Crippen molar-refractivity contribution in [3.05, 3.63) is 71.9 Å². The van der Waals surface area contributed by atoms with Crippen molar-refractivity contribution < 1.29 is 22.7 Å². The number of aryl methyl sites for hydroxylation is 1. The highest BCUT2D eigenvalue weighted by molar-refractivity contribution is 5.96. The highest BCUT2D eigenvalue weighted by Gasteiger charge is 2.23. The average molecular weight is 511 g/mol. The van der Waals surface area contributed by atoms with E-state index in [1.807, 2.05) is 24.0 Å². The van der Waals surface area contributed by atoms with Gasteiger partial charge in [0.15, 0.2) is 23.0 Å². The van der Waals surface area contributed by atoms with E-state index < -0.39 is 18.2 Å². The number of hydrogen-bond acceptors (Lipinski definition) is 6. The van der Waals surface area contributed by atoms with Crippen LogP contribution < -0.4 is 15.8 Å². The topological polar surface area (TPSA) is 97.8 Å². The minimum atomic E-state index is -3.12. The molecule has 11 heteroatoms. The Balaban J connectivity index is 1.38. The van der Waals surface area contributed by atoms with Gasteiger partial charge < -0.3 is 20.7 Å². The molecule has 0 radical (unpaired) electrons. The van der Waals surface area contributed by atoms with Crippen LogP contribution in [-0.4, -0.2) is 50.9 Å². The number of anilines is 2. The molecule has 1 amide bonds. The Morgan fingerprint density at radius 2 is 1.95 bits per heavy atom. The standard InChI is InChI=1S/C26H25F3N6O2/c1-15-12-18(3-4-19(15)25(36)34-9-6-17(30)7-10-34)33-23-24-32-14-21(35(24)11-8-31-23)16-2-5-22(20(27)13-16)37-26(28)29/h2-5,8,11-14,17,26H,6-7,9-10,30H2,1H3,(H,31,33). The molecule has 1 aliphatic heterocycles. The predicted octanol–water partition coefficient (Wildman–Crippen LogP) is 4.75. The van der Waals surface area contributed by atoms with Gasteiger partial charge in [0.2, 0.25) is 0 Å². The van der Waals surface area contributed by atoms with Gasteiger partial charge in [-0.15, -0.1) is 0 Å². The molecule has 0 bridgehead atoms. The third-order valence-electron chi connectivity index (χ3n) is 6.42. The minimum Gasteiger partial charge on any atom is -0.432 e. The number of fused-ring (bicyclic) bond motifs is 1. The number of hydrogen-bond donors (Lipinski definition) is 2. The van der Waals surface area contributed by atoms with Crippen molar-refractivity contribution in [2.45, 2.75) is 32.4 Å². The SMILES string of the molecule is Cc1cc(Nc2nccn3c(-c4ccc(OC(F)F)c(F)c4)cnc23)ccc1C(=O)N1CCC(N)CC1. The Bertz CT molecular complexity index is 1450. The Hall–Kier alpha value is -4.12. The van der Waals surface area contributed by atoms with Gasteiger partial charge in [0.25, 0.3) is 5.91 Å². The van der Waals surface area contributed by atoms with Crippen molar-refractivity contribution in [3.63, 3.8) is 0 Å². The van der Waals surface area contributed by atoms with Crippen LogP contribution in [0.5, 0.6) is 5.75 Å². The molecule has 1 fully saturated rings. The summed E-state index contributed by atoms with van der Waals surface area (Å²) >= 11 is 0. The highest BCUT2D eigenvalue weighted by Crippen LogP contribution is 2.29. The number of carbonyl (C=O) groups excluding carboxylic acids is 1. The van der Waals surface area contributed by atoms with E-state index in [1.54, 1.807) is 29.1 Å². The van der Waals surface area contributed by atoms with E-state index in [0.29, 0.717) is 41.4 Å². The molecule has 0 atom stereocenters. The van der Waals surface area contributed by atoms with Gasteiger partial charge in [-0.2, -0.15) is 8.78 Å². The van der Waals surface area contributed by atoms with Crippen LogP contribution in [0.2, 0.25) is 0 Å². The lowest BCUT2D eigenvalue weighted by Crippen LogP contribution is -2.43. The number of aromatic nitrogens is 3. The van der Waals surface area contributed by atoms with E-state index in [9.17, 15) is 18.0 Å². The number of nitrogens with two attached hydrogens (primary N) is 1. The third kappa shape index (κ3) is 5.08. The Morgan fingerprint density at radius 1 is 1.16 bits per heavy atom. The van der Waals surface area contributed by atoms with Crippen molar-refractivity contribution >= 4 is 23.1 Å². The van der Waals surface area contributed by atoms with Crippen LogP contribution in [0.3, 0.4) is 0 Å². The maximum atomic E-state index is 14.3. The van der Waals surface area contributed by atoms with Crippen LogP contribution in [0, 0.1) is 12.7 Å². The maximum Gasteiger partial charge on any atom is 0.387 e. The summed E-state index contributed by atoms with van der Waals surface area (Å²) in [6.45, 7) is 0.0697. The Labute approximate surface area is 210 Å². The van der Waals surface area contributed by atoms with Gasteiger partial charge in [0.1, 0.15) is 0 Å². The summed E-state index contributed by atoms with van der Waals surface area (Å²) in [6, 6.07) is 9.36. The van der Waals surface area contributed by atoms with Gasteiger partial charge in [0.05, 0.1) is 11.9 Å². The average Bonchev–Trinajstić information content (AvgIpc) is 3.30. The molecule has 2 aromatic carbocycles. The zero-order valence-corrected chi connectivity index (χ0v) is 20.0. The molecule has 0 saturated carbocycles. The van der Waals surface area contributed by atoms with Crippen LogP contribution in [-0.2, 0) is 0 Å². The first-order chi connectivity index (χ1) is 17.8. The van der Waals surface area contributed by atoms with Crippen molar-refractivity contribution in [3.8, 4) is 17.0 Å². The molecule has 1 aliphatic rings. The van der Waals surface area contributed by atoms with Crippen LogP contribution >= 0.6 is 0 Å². The molecule has 5 rings (SSSR count). The molecule has 3 N–H and O–H groups in total. The first kappa shape index (κ1) is 24.6. The van der Waals surface area contributed by atoms with Crippen LogP contribution in [0.15, 0.2) is 55.0 Å². The number of halogens is 3. The van der Waals surface area contributed by atoms with Gasteiger partial charge in [-0.3, -0.25) is 9.20 Å². The van der Waals surface area contributed by atoms with E-state index in [1.165, 1.54) is 6.07 Å². The van der Waals surface area contributed by atoms with Crippen LogP contribution in [0.1, 0.15) is 28.8 Å². The number of ether oxygens (including phenoxy) is 1. The van der Waals surface area contributed by atoms with E-state index in [2.05, 4.69) is 20.0 Å². The van der Waals surface area contributed by atoms with Gasteiger partial charge in [-0.1, -0.05) is 0 Å². The maximum absolute atomic E-state index is 14.3. The normalized spacial score (nSPS) is 14.4. The number of rotatable bonds is 6. The van der Waals surface area contributed by atoms with Gasteiger partial charge in [-0.05, 0) is 61.7 Å². The first-order valence-corrected chi connectivity index (χ1v) is 11.8.